The van der Waals surface area contributed by atoms with Gasteiger partial charge in [0.2, 0.25) is 0 Å². The second-order valence-corrected chi connectivity index (χ2v) is 9.92. The van der Waals surface area contributed by atoms with E-state index in [0.717, 1.165) is 38.2 Å². The summed E-state index contributed by atoms with van der Waals surface area (Å²) in [6.45, 7) is 7.42. The molecule has 0 aromatic heterocycles. The molecular weight excluding hydrogens is 461 g/mol. The quantitative estimate of drug-likeness (QED) is 0.555. The zero-order chi connectivity index (χ0) is 24.5. The normalized spacial score (nSPS) is 17.2. The van der Waals surface area contributed by atoms with Crippen molar-refractivity contribution in [3.63, 3.8) is 0 Å². The van der Waals surface area contributed by atoms with Gasteiger partial charge in [0.05, 0.1) is 22.3 Å². The Kier molecular flexibility index (Phi) is 6.81. The number of hydrogen-bond donors (Lipinski definition) is 2. The molecule has 2 aromatic carbocycles. The molecular formula is C24H28FN3O5S. The van der Waals surface area contributed by atoms with E-state index >= 15 is 0 Å². The number of ether oxygens (including phenoxy) is 1. The molecule has 0 radical (unpaired) electrons. The van der Waals surface area contributed by atoms with Crippen LogP contribution in [0.15, 0.2) is 41.3 Å². The molecule has 10 heteroatoms. The molecule has 182 valence electrons. The summed E-state index contributed by atoms with van der Waals surface area (Å²) in [4.78, 5) is 16.1. The lowest BCUT2D eigenvalue weighted by atomic mass is 9.98. The zero-order valence-corrected chi connectivity index (χ0v) is 19.9. The molecule has 2 heterocycles. The first kappa shape index (κ1) is 24.0. The summed E-state index contributed by atoms with van der Waals surface area (Å²) in [5.41, 5.74) is 0.471. The zero-order valence-electron chi connectivity index (χ0n) is 19.1. The molecule has 0 bridgehead atoms. The third-order valence-corrected chi connectivity index (χ3v) is 7.72. The third kappa shape index (κ3) is 4.60. The van der Waals surface area contributed by atoms with Crippen molar-refractivity contribution in [1.29, 1.82) is 0 Å². The molecule has 1 saturated heterocycles. The molecule has 2 N–H and O–H groups in total. The van der Waals surface area contributed by atoms with Gasteiger partial charge in [-0.15, -0.1) is 0 Å². The highest BCUT2D eigenvalue weighted by Crippen LogP contribution is 2.44. The Morgan fingerprint density at radius 3 is 2.71 bits per heavy atom. The number of benzene rings is 2. The SMILES string of the molecule is CCN(CC)C/C=C\c1cc(F)ccc1S(=O)(=O)Nc1ccc2c(c1C(=O)O)OC[C@H]1CCN21. The number of carbonyl (C=O) groups is 1. The summed E-state index contributed by atoms with van der Waals surface area (Å²) < 4.78 is 48.6. The van der Waals surface area contributed by atoms with Gasteiger partial charge in [0.15, 0.2) is 5.75 Å². The number of carboxylic acid groups (broad SMARTS) is 1. The Hall–Kier alpha value is -3.11. The van der Waals surface area contributed by atoms with Crippen LogP contribution < -0.4 is 14.4 Å². The molecule has 1 fully saturated rings. The summed E-state index contributed by atoms with van der Waals surface area (Å²) in [5.74, 6) is -1.71. The molecule has 2 aromatic rings. The third-order valence-electron chi connectivity index (χ3n) is 6.29. The van der Waals surface area contributed by atoms with Gasteiger partial charge < -0.3 is 19.6 Å². The largest absolute Gasteiger partial charge is 0.488 e. The van der Waals surface area contributed by atoms with E-state index in [0.29, 0.717) is 18.8 Å². The van der Waals surface area contributed by atoms with Crippen LogP contribution in [0.2, 0.25) is 0 Å². The summed E-state index contributed by atoms with van der Waals surface area (Å²) >= 11 is 0. The highest BCUT2D eigenvalue weighted by Gasteiger charge is 2.37. The molecule has 8 nitrogen and oxygen atoms in total. The first-order chi connectivity index (χ1) is 16.2. The van der Waals surface area contributed by atoms with Crippen molar-refractivity contribution in [2.24, 2.45) is 0 Å². The van der Waals surface area contributed by atoms with E-state index < -0.39 is 21.8 Å². The summed E-state index contributed by atoms with van der Waals surface area (Å²) in [5, 5.41) is 9.87. The second kappa shape index (κ2) is 9.63. The molecule has 0 aliphatic carbocycles. The minimum atomic E-state index is -4.23. The molecule has 0 unspecified atom stereocenters. The van der Waals surface area contributed by atoms with Crippen molar-refractivity contribution in [2.75, 3.05) is 42.4 Å². The number of fused-ring (bicyclic) bond motifs is 3. The van der Waals surface area contributed by atoms with Crippen molar-refractivity contribution < 1.29 is 27.4 Å². The predicted molar refractivity (Wildman–Crippen MR) is 129 cm³/mol. The molecule has 2 aliphatic heterocycles. The van der Waals surface area contributed by atoms with Crippen LogP contribution in [0.4, 0.5) is 15.8 Å². The van der Waals surface area contributed by atoms with Crippen LogP contribution in [0.1, 0.15) is 36.2 Å². The van der Waals surface area contributed by atoms with Gasteiger partial charge in [0, 0.05) is 13.1 Å². The van der Waals surface area contributed by atoms with Crippen LogP contribution in [0.3, 0.4) is 0 Å². The van der Waals surface area contributed by atoms with Crippen molar-refractivity contribution in [1.82, 2.24) is 4.90 Å². The Balaban J connectivity index is 1.68. The van der Waals surface area contributed by atoms with E-state index in [-0.39, 0.29) is 33.5 Å². The van der Waals surface area contributed by atoms with Gasteiger partial charge >= 0.3 is 5.97 Å². The Bertz CT molecular complexity index is 1230. The minimum absolute atomic E-state index is 0.104. The van der Waals surface area contributed by atoms with Crippen molar-refractivity contribution in [2.45, 2.75) is 31.2 Å². The van der Waals surface area contributed by atoms with Crippen molar-refractivity contribution in [3.05, 3.63) is 53.4 Å². The topological polar surface area (TPSA) is 99.2 Å². The van der Waals surface area contributed by atoms with Gasteiger partial charge in [-0.05, 0) is 55.4 Å². The van der Waals surface area contributed by atoms with Crippen LogP contribution in [-0.2, 0) is 10.0 Å². The maximum atomic E-state index is 14.0. The molecule has 0 saturated carbocycles. The van der Waals surface area contributed by atoms with Gasteiger partial charge in [-0.1, -0.05) is 26.0 Å². The molecule has 4 rings (SSSR count). The maximum absolute atomic E-state index is 14.0. The van der Waals surface area contributed by atoms with Crippen LogP contribution in [0, 0.1) is 5.82 Å². The van der Waals surface area contributed by atoms with E-state index in [9.17, 15) is 22.7 Å². The maximum Gasteiger partial charge on any atom is 0.341 e. The fraction of sp³-hybridized carbons (Fsp3) is 0.375. The van der Waals surface area contributed by atoms with Gasteiger partial charge in [-0.2, -0.15) is 0 Å². The smallest absolute Gasteiger partial charge is 0.341 e. The van der Waals surface area contributed by atoms with E-state index in [1.54, 1.807) is 18.2 Å². The monoisotopic (exact) mass is 489 g/mol. The number of nitrogens with one attached hydrogen (secondary N) is 1. The number of rotatable bonds is 9. The number of likely N-dealkylation sites (N-methyl/N-ethyl adjacent to an activating group) is 1. The van der Waals surface area contributed by atoms with Crippen molar-refractivity contribution >= 4 is 33.4 Å². The number of aromatic carboxylic acids is 1. The molecule has 34 heavy (non-hydrogen) atoms. The lowest BCUT2D eigenvalue weighted by Gasteiger charge is -2.46. The fourth-order valence-corrected chi connectivity index (χ4v) is 5.51. The van der Waals surface area contributed by atoms with E-state index in [4.69, 9.17) is 4.74 Å². The number of sulfonamides is 1. The lowest BCUT2D eigenvalue weighted by Crippen LogP contribution is -2.53. The summed E-state index contributed by atoms with van der Waals surface area (Å²) in [7, 11) is -4.23. The highest BCUT2D eigenvalue weighted by atomic mass is 32.2. The van der Waals surface area contributed by atoms with E-state index in [1.165, 1.54) is 12.1 Å². The summed E-state index contributed by atoms with van der Waals surface area (Å²) in [6, 6.07) is 6.69. The Morgan fingerprint density at radius 2 is 2.06 bits per heavy atom. The molecule has 1 atom stereocenters. The van der Waals surface area contributed by atoms with Gasteiger partial charge in [-0.3, -0.25) is 4.72 Å². The Labute approximate surface area is 198 Å². The van der Waals surface area contributed by atoms with Crippen LogP contribution in [0.5, 0.6) is 5.75 Å². The first-order valence-corrected chi connectivity index (χ1v) is 12.7. The summed E-state index contributed by atoms with van der Waals surface area (Å²) in [6.07, 6.45) is 4.30. The number of hydrogen-bond acceptors (Lipinski definition) is 6. The standard InChI is InChI=1S/C24H28FN3O5S/c1-3-27(4-2)12-5-6-16-14-17(25)7-10-21(16)34(31,32)26-19-8-9-20-23(22(19)24(29)30)33-15-18-11-13-28(18)20/h5-10,14,18,26H,3-4,11-13,15H2,1-2H3,(H,29,30)/b6-5-/t18-/m1/s1. The molecule has 0 spiro atoms. The number of halogens is 1. The highest BCUT2D eigenvalue weighted by molar-refractivity contribution is 7.92. The fourth-order valence-electron chi connectivity index (χ4n) is 4.26. The minimum Gasteiger partial charge on any atom is -0.488 e. The van der Waals surface area contributed by atoms with E-state index in [1.807, 2.05) is 13.8 Å². The first-order valence-electron chi connectivity index (χ1n) is 11.3. The molecule has 2 aliphatic rings. The van der Waals surface area contributed by atoms with Gasteiger partial charge in [0.1, 0.15) is 18.0 Å². The second-order valence-electron chi connectivity index (χ2n) is 8.26. The van der Waals surface area contributed by atoms with Crippen LogP contribution in [0.25, 0.3) is 6.08 Å². The van der Waals surface area contributed by atoms with E-state index in [2.05, 4.69) is 14.5 Å². The molecule has 0 amide bonds. The average molecular weight is 490 g/mol. The van der Waals surface area contributed by atoms with Crippen LogP contribution >= 0.6 is 0 Å². The van der Waals surface area contributed by atoms with Gasteiger partial charge in [0.25, 0.3) is 10.0 Å². The Morgan fingerprint density at radius 1 is 1.29 bits per heavy atom. The average Bonchev–Trinajstić information content (AvgIpc) is 2.76. The number of carboxylic acids is 1. The van der Waals surface area contributed by atoms with Gasteiger partial charge in [-0.25, -0.2) is 17.6 Å². The van der Waals surface area contributed by atoms with Crippen LogP contribution in [-0.4, -0.2) is 63.2 Å². The lowest BCUT2D eigenvalue weighted by molar-refractivity contribution is 0.0691. The number of nitrogens with zero attached hydrogens (tertiary/aromatic N) is 2. The number of anilines is 2. The van der Waals surface area contributed by atoms with Crippen molar-refractivity contribution in [3.8, 4) is 5.75 Å². The predicted octanol–water partition coefficient (Wildman–Crippen LogP) is 3.65.